The second-order valence-electron chi connectivity index (χ2n) is 6.97. The summed E-state index contributed by atoms with van der Waals surface area (Å²) in [5, 5.41) is 10.6. The van der Waals surface area contributed by atoms with E-state index in [2.05, 4.69) is 9.98 Å². The number of benzene rings is 1. The Kier molecular flexibility index (Phi) is 4.56. The van der Waals surface area contributed by atoms with Gasteiger partial charge in [0.2, 0.25) is 5.13 Å². The average molecular weight is 358 g/mol. The Balaban J connectivity index is 1.87. The minimum absolute atomic E-state index is 0.0806. The first-order valence-electron chi connectivity index (χ1n) is 7.98. The number of hydrogen-bond donors (Lipinski definition) is 1. The third-order valence-electron chi connectivity index (χ3n) is 4.10. The molecule has 1 N–H and O–H groups in total. The number of halogens is 1. The van der Waals surface area contributed by atoms with Gasteiger partial charge in [0, 0.05) is 29.5 Å². The molecule has 0 saturated heterocycles. The number of thiazole rings is 1. The van der Waals surface area contributed by atoms with Crippen molar-refractivity contribution in [3.8, 4) is 11.3 Å². The number of aryl methyl sites for hydroxylation is 1. The summed E-state index contributed by atoms with van der Waals surface area (Å²) < 4.78 is 13.1. The SMILES string of the molecule is Cc1sc(N=CC2=C(O)CC(C)(C)CC2=O)nc1-c1ccc(F)cc1. The molecular formula is C19H19FN2O2S. The lowest BCUT2D eigenvalue weighted by Gasteiger charge is -2.28. The molecule has 130 valence electrons. The van der Waals surface area contributed by atoms with Crippen molar-refractivity contribution in [3.63, 3.8) is 0 Å². The Morgan fingerprint density at radius 1 is 1.28 bits per heavy atom. The van der Waals surface area contributed by atoms with Gasteiger partial charge in [-0.2, -0.15) is 0 Å². The zero-order chi connectivity index (χ0) is 18.2. The lowest BCUT2D eigenvalue weighted by Crippen LogP contribution is -2.26. The van der Waals surface area contributed by atoms with Crippen LogP contribution in [0.3, 0.4) is 0 Å². The number of hydrogen-bond acceptors (Lipinski definition) is 5. The lowest BCUT2D eigenvalue weighted by molar-refractivity contribution is -0.117. The summed E-state index contributed by atoms with van der Waals surface area (Å²) >= 11 is 1.39. The summed E-state index contributed by atoms with van der Waals surface area (Å²) in [5.74, 6) is -0.322. The Hall–Kier alpha value is -2.34. The van der Waals surface area contributed by atoms with E-state index in [0.717, 1.165) is 16.1 Å². The van der Waals surface area contributed by atoms with Gasteiger partial charge in [0.1, 0.15) is 11.6 Å². The van der Waals surface area contributed by atoms with Crippen LogP contribution in [0, 0.1) is 18.2 Å². The summed E-state index contributed by atoms with van der Waals surface area (Å²) in [7, 11) is 0. The first kappa shape index (κ1) is 17.5. The zero-order valence-electron chi connectivity index (χ0n) is 14.3. The van der Waals surface area contributed by atoms with E-state index in [1.807, 2.05) is 20.8 Å². The topological polar surface area (TPSA) is 62.6 Å². The van der Waals surface area contributed by atoms with Crippen LogP contribution < -0.4 is 0 Å². The summed E-state index contributed by atoms with van der Waals surface area (Å²) in [5.41, 5.74) is 1.59. The Morgan fingerprint density at radius 2 is 1.96 bits per heavy atom. The van der Waals surface area contributed by atoms with E-state index >= 15 is 0 Å². The predicted molar refractivity (Wildman–Crippen MR) is 98.1 cm³/mol. The van der Waals surface area contributed by atoms with Gasteiger partial charge >= 0.3 is 0 Å². The fourth-order valence-electron chi connectivity index (χ4n) is 2.88. The van der Waals surface area contributed by atoms with Crippen molar-refractivity contribution in [2.75, 3.05) is 0 Å². The van der Waals surface area contributed by atoms with E-state index in [1.54, 1.807) is 12.1 Å². The molecule has 0 radical (unpaired) electrons. The molecule has 1 aliphatic carbocycles. The number of carbonyl (C=O) groups excluding carboxylic acids is 1. The number of rotatable bonds is 3. The number of ketones is 1. The maximum Gasteiger partial charge on any atom is 0.209 e. The molecule has 0 spiro atoms. The van der Waals surface area contributed by atoms with Crippen LogP contribution in [-0.2, 0) is 4.79 Å². The van der Waals surface area contributed by atoms with Crippen molar-refractivity contribution < 1.29 is 14.3 Å². The quantitative estimate of drug-likeness (QED) is 0.771. The van der Waals surface area contributed by atoms with Gasteiger partial charge in [-0.25, -0.2) is 14.4 Å². The lowest BCUT2D eigenvalue weighted by atomic mass is 9.77. The molecule has 0 fully saturated rings. The van der Waals surface area contributed by atoms with Crippen LogP contribution in [0.25, 0.3) is 11.3 Å². The molecule has 4 nitrogen and oxygen atoms in total. The first-order valence-corrected chi connectivity index (χ1v) is 8.79. The summed E-state index contributed by atoms with van der Waals surface area (Å²) in [6.07, 6.45) is 2.24. The number of nitrogens with zero attached hydrogens (tertiary/aromatic N) is 2. The van der Waals surface area contributed by atoms with E-state index in [4.69, 9.17) is 0 Å². The molecule has 3 rings (SSSR count). The molecule has 0 atom stereocenters. The number of Topliss-reactive ketones (excluding diaryl/α,β-unsaturated/α-hetero) is 1. The minimum atomic E-state index is -0.295. The molecule has 1 aromatic heterocycles. The van der Waals surface area contributed by atoms with E-state index in [0.29, 0.717) is 18.0 Å². The van der Waals surface area contributed by atoms with Crippen molar-refractivity contribution >= 4 is 28.5 Å². The number of aliphatic hydroxyl groups excluding tert-OH is 1. The van der Waals surface area contributed by atoms with Crippen molar-refractivity contribution in [1.29, 1.82) is 0 Å². The van der Waals surface area contributed by atoms with Gasteiger partial charge in [-0.1, -0.05) is 25.2 Å². The van der Waals surface area contributed by atoms with Gasteiger partial charge in [0.15, 0.2) is 5.78 Å². The second kappa shape index (κ2) is 6.52. The highest BCUT2D eigenvalue weighted by atomic mass is 32.1. The number of aliphatic imine (C=N–C) groups is 1. The Morgan fingerprint density at radius 3 is 2.60 bits per heavy atom. The Bertz CT molecular complexity index is 879. The fourth-order valence-corrected chi connectivity index (χ4v) is 3.66. The summed E-state index contributed by atoms with van der Waals surface area (Å²) in [6.45, 7) is 5.82. The number of allylic oxidation sites excluding steroid dienone is 2. The van der Waals surface area contributed by atoms with Gasteiger partial charge in [0.05, 0.1) is 11.3 Å². The predicted octanol–water partition coefficient (Wildman–Crippen LogP) is 5.16. The van der Waals surface area contributed by atoms with Gasteiger partial charge < -0.3 is 5.11 Å². The number of aliphatic hydroxyl groups is 1. The fraction of sp³-hybridized carbons (Fsp3) is 0.316. The molecule has 2 aromatic rings. The molecular weight excluding hydrogens is 339 g/mol. The largest absolute Gasteiger partial charge is 0.511 e. The first-order chi connectivity index (χ1) is 11.7. The summed E-state index contributed by atoms with van der Waals surface area (Å²) in [4.78, 5) is 21.9. The molecule has 0 amide bonds. The standard InChI is InChI=1S/C19H19FN2O2S/c1-11-17(12-4-6-13(20)7-5-12)22-18(25-11)21-10-14-15(23)8-19(2,3)9-16(14)24/h4-7,10,23H,8-9H2,1-3H3. The number of aromatic nitrogens is 1. The molecule has 0 unspecified atom stereocenters. The highest BCUT2D eigenvalue weighted by molar-refractivity contribution is 7.15. The van der Waals surface area contributed by atoms with Crippen LogP contribution in [0.4, 0.5) is 9.52 Å². The van der Waals surface area contributed by atoms with E-state index in [1.165, 1.54) is 29.7 Å². The molecule has 0 aliphatic heterocycles. The molecule has 25 heavy (non-hydrogen) atoms. The Labute approximate surface area is 149 Å². The molecule has 1 aromatic carbocycles. The maximum atomic E-state index is 13.1. The monoisotopic (exact) mass is 358 g/mol. The maximum absolute atomic E-state index is 13.1. The van der Waals surface area contributed by atoms with Gasteiger partial charge in [-0.3, -0.25) is 4.79 Å². The van der Waals surface area contributed by atoms with Crippen molar-refractivity contribution in [3.05, 3.63) is 46.3 Å². The van der Waals surface area contributed by atoms with Crippen LogP contribution in [0.5, 0.6) is 0 Å². The number of carbonyl (C=O) groups is 1. The van der Waals surface area contributed by atoms with Crippen LogP contribution in [0.15, 0.2) is 40.6 Å². The van der Waals surface area contributed by atoms with Crippen LogP contribution >= 0.6 is 11.3 Å². The molecule has 0 bridgehead atoms. The zero-order valence-corrected chi connectivity index (χ0v) is 15.2. The minimum Gasteiger partial charge on any atom is -0.511 e. The smallest absolute Gasteiger partial charge is 0.209 e. The van der Waals surface area contributed by atoms with Crippen molar-refractivity contribution in [2.24, 2.45) is 10.4 Å². The van der Waals surface area contributed by atoms with Crippen LogP contribution in [-0.4, -0.2) is 22.1 Å². The average Bonchev–Trinajstić information content (AvgIpc) is 2.87. The van der Waals surface area contributed by atoms with Crippen LogP contribution in [0.2, 0.25) is 0 Å². The molecule has 1 aliphatic rings. The highest BCUT2D eigenvalue weighted by Gasteiger charge is 2.32. The van der Waals surface area contributed by atoms with Crippen LogP contribution in [0.1, 0.15) is 31.6 Å². The third kappa shape index (κ3) is 3.85. The van der Waals surface area contributed by atoms with Gasteiger partial charge in [-0.05, 0) is 36.6 Å². The molecule has 6 heteroatoms. The van der Waals surface area contributed by atoms with Gasteiger partial charge in [-0.15, -0.1) is 0 Å². The molecule has 0 saturated carbocycles. The molecule has 1 heterocycles. The highest BCUT2D eigenvalue weighted by Crippen LogP contribution is 2.36. The van der Waals surface area contributed by atoms with E-state index in [9.17, 15) is 14.3 Å². The van der Waals surface area contributed by atoms with Gasteiger partial charge in [0.25, 0.3) is 0 Å². The van der Waals surface area contributed by atoms with Crippen molar-refractivity contribution in [2.45, 2.75) is 33.6 Å². The summed E-state index contributed by atoms with van der Waals surface area (Å²) in [6, 6.07) is 6.13. The second-order valence-corrected chi connectivity index (χ2v) is 8.15. The van der Waals surface area contributed by atoms with E-state index < -0.39 is 0 Å². The van der Waals surface area contributed by atoms with E-state index in [-0.39, 0.29) is 28.3 Å². The normalized spacial score (nSPS) is 17.5. The third-order valence-corrected chi connectivity index (χ3v) is 4.98. The van der Waals surface area contributed by atoms with Crippen molar-refractivity contribution in [1.82, 2.24) is 4.98 Å².